The van der Waals surface area contributed by atoms with Gasteiger partial charge in [0.25, 0.3) is 5.91 Å². The van der Waals surface area contributed by atoms with Crippen molar-refractivity contribution in [1.29, 1.82) is 0 Å². The highest BCUT2D eigenvalue weighted by Crippen LogP contribution is 2.26. The second-order valence-corrected chi connectivity index (χ2v) is 7.44. The zero-order chi connectivity index (χ0) is 21.7. The molecule has 0 aliphatic heterocycles. The van der Waals surface area contributed by atoms with E-state index in [-0.39, 0.29) is 22.8 Å². The van der Waals surface area contributed by atoms with E-state index < -0.39 is 0 Å². The fourth-order valence-electron chi connectivity index (χ4n) is 2.82. The number of hydrogen-bond donors (Lipinski definition) is 3. The summed E-state index contributed by atoms with van der Waals surface area (Å²) in [6, 6.07) is 18.4. The van der Waals surface area contributed by atoms with E-state index in [1.54, 1.807) is 30.3 Å². The number of rotatable bonds is 5. The zero-order valence-corrected chi connectivity index (χ0v) is 17.8. The molecule has 0 atom stereocenters. The Morgan fingerprint density at radius 2 is 1.47 bits per heavy atom. The lowest BCUT2D eigenvalue weighted by molar-refractivity contribution is -0.118. The predicted octanol–water partition coefficient (Wildman–Crippen LogP) is 4.57. The molecule has 0 radical (unpaired) electrons. The van der Waals surface area contributed by atoms with Crippen LogP contribution < -0.4 is 20.7 Å². The number of nitrogens with one attached hydrogen (secondary N) is 3. The van der Waals surface area contributed by atoms with Crippen molar-refractivity contribution in [2.45, 2.75) is 13.8 Å². The van der Waals surface area contributed by atoms with Crippen molar-refractivity contribution in [2.24, 2.45) is 5.92 Å². The first kappa shape index (κ1) is 21.3. The van der Waals surface area contributed by atoms with E-state index in [0.717, 1.165) is 10.8 Å². The second kappa shape index (κ2) is 9.37. The third kappa shape index (κ3) is 5.12. The summed E-state index contributed by atoms with van der Waals surface area (Å²) in [7, 11) is 1.52. The second-order valence-electron chi connectivity index (χ2n) is 7.03. The molecule has 7 heteroatoms. The van der Waals surface area contributed by atoms with E-state index in [0.29, 0.717) is 22.7 Å². The van der Waals surface area contributed by atoms with Gasteiger partial charge in [0.15, 0.2) is 5.11 Å². The number of benzene rings is 3. The first-order valence-electron chi connectivity index (χ1n) is 9.47. The lowest BCUT2D eigenvalue weighted by Crippen LogP contribution is -2.34. The van der Waals surface area contributed by atoms with Gasteiger partial charge < -0.3 is 15.4 Å². The van der Waals surface area contributed by atoms with Crippen LogP contribution >= 0.6 is 12.2 Å². The van der Waals surface area contributed by atoms with Crippen LogP contribution in [0.2, 0.25) is 0 Å². The Bertz CT molecular complexity index is 1090. The summed E-state index contributed by atoms with van der Waals surface area (Å²) >= 11 is 5.27. The average molecular weight is 422 g/mol. The summed E-state index contributed by atoms with van der Waals surface area (Å²) in [5, 5.41) is 10.5. The molecule has 2 amide bonds. The Labute approximate surface area is 180 Å². The lowest BCUT2D eigenvalue weighted by atomic mass is 10.1. The number of fused-ring (bicyclic) bond motifs is 1. The summed E-state index contributed by atoms with van der Waals surface area (Å²) in [5.41, 5.74) is 1.77. The van der Waals surface area contributed by atoms with E-state index in [1.807, 2.05) is 44.2 Å². The molecule has 3 aromatic carbocycles. The standard InChI is InChI=1S/C23H23N3O3S/c1-14(2)21(27)24-17-8-10-18(11-9-17)25-23(30)26-22(28)19-12-15-6-4-5-7-16(15)13-20(19)29-3/h4-14H,1-3H3,(H,24,27)(H2,25,26,28,30). The minimum Gasteiger partial charge on any atom is -0.496 e. The van der Waals surface area contributed by atoms with Crippen molar-refractivity contribution in [3.8, 4) is 5.75 Å². The molecule has 0 spiro atoms. The number of carbonyl (C=O) groups excluding carboxylic acids is 2. The molecule has 0 fully saturated rings. The summed E-state index contributed by atoms with van der Waals surface area (Å²) in [4.78, 5) is 24.5. The van der Waals surface area contributed by atoms with Gasteiger partial charge in [-0.2, -0.15) is 0 Å². The fraction of sp³-hybridized carbons (Fsp3) is 0.174. The van der Waals surface area contributed by atoms with Gasteiger partial charge in [-0.05, 0) is 59.4 Å². The van der Waals surface area contributed by atoms with E-state index in [2.05, 4.69) is 16.0 Å². The van der Waals surface area contributed by atoms with Gasteiger partial charge in [-0.15, -0.1) is 0 Å². The molecule has 6 nitrogen and oxygen atoms in total. The van der Waals surface area contributed by atoms with Crippen molar-refractivity contribution in [1.82, 2.24) is 5.32 Å². The first-order chi connectivity index (χ1) is 14.4. The number of amides is 2. The monoisotopic (exact) mass is 421 g/mol. The molecule has 0 heterocycles. The molecular weight excluding hydrogens is 398 g/mol. The Hall–Kier alpha value is -3.45. The lowest BCUT2D eigenvalue weighted by Gasteiger charge is -2.13. The highest BCUT2D eigenvalue weighted by molar-refractivity contribution is 7.80. The maximum atomic E-state index is 12.7. The smallest absolute Gasteiger partial charge is 0.261 e. The highest BCUT2D eigenvalue weighted by atomic mass is 32.1. The largest absolute Gasteiger partial charge is 0.496 e. The molecule has 3 aromatic rings. The van der Waals surface area contributed by atoms with Crippen molar-refractivity contribution in [2.75, 3.05) is 17.7 Å². The van der Waals surface area contributed by atoms with Crippen LogP contribution in [0.25, 0.3) is 10.8 Å². The molecule has 0 unspecified atom stereocenters. The molecule has 3 N–H and O–H groups in total. The Morgan fingerprint density at radius 1 is 0.900 bits per heavy atom. The van der Waals surface area contributed by atoms with Crippen molar-refractivity contribution < 1.29 is 14.3 Å². The molecule has 0 bridgehead atoms. The Morgan fingerprint density at radius 3 is 2.03 bits per heavy atom. The van der Waals surface area contributed by atoms with Gasteiger partial charge in [0.05, 0.1) is 12.7 Å². The quantitative estimate of drug-likeness (QED) is 0.526. The van der Waals surface area contributed by atoms with E-state index in [1.165, 1.54) is 7.11 Å². The minimum absolute atomic E-state index is 0.0529. The van der Waals surface area contributed by atoms with Crippen LogP contribution in [0.15, 0.2) is 60.7 Å². The molecule has 154 valence electrons. The first-order valence-corrected chi connectivity index (χ1v) is 9.88. The van der Waals surface area contributed by atoms with Gasteiger partial charge in [0.1, 0.15) is 5.75 Å². The molecule has 0 aliphatic rings. The van der Waals surface area contributed by atoms with Crippen molar-refractivity contribution in [3.05, 3.63) is 66.2 Å². The van der Waals surface area contributed by atoms with Crippen LogP contribution in [0, 0.1) is 5.92 Å². The topological polar surface area (TPSA) is 79.5 Å². The Kier molecular flexibility index (Phi) is 6.64. The van der Waals surface area contributed by atoms with Gasteiger partial charge in [-0.25, -0.2) is 0 Å². The number of methoxy groups -OCH3 is 1. The maximum absolute atomic E-state index is 12.7. The summed E-state index contributed by atoms with van der Waals surface area (Å²) in [6.45, 7) is 3.66. The average Bonchev–Trinajstić information content (AvgIpc) is 2.73. The fourth-order valence-corrected chi connectivity index (χ4v) is 3.03. The normalized spacial score (nSPS) is 10.5. The van der Waals surface area contributed by atoms with Gasteiger partial charge in [0, 0.05) is 17.3 Å². The molecular formula is C23H23N3O3S. The van der Waals surface area contributed by atoms with E-state index in [4.69, 9.17) is 17.0 Å². The zero-order valence-electron chi connectivity index (χ0n) is 17.0. The summed E-state index contributed by atoms with van der Waals surface area (Å²) in [6.07, 6.45) is 0. The van der Waals surface area contributed by atoms with Crippen molar-refractivity contribution in [3.63, 3.8) is 0 Å². The summed E-state index contributed by atoms with van der Waals surface area (Å²) < 4.78 is 5.38. The number of anilines is 2. The van der Waals surface area contributed by atoms with Gasteiger partial charge in [-0.3, -0.25) is 14.9 Å². The number of hydrogen-bond acceptors (Lipinski definition) is 4. The van der Waals surface area contributed by atoms with Crippen LogP contribution in [0.4, 0.5) is 11.4 Å². The third-order valence-electron chi connectivity index (χ3n) is 4.47. The maximum Gasteiger partial charge on any atom is 0.261 e. The molecule has 0 aliphatic carbocycles. The minimum atomic E-state index is -0.365. The van der Waals surface area contributed by atoms with Gasteiger partial charge in [0.2, 0.25) is 5.91 Å². The third-order valence-corrected chi connectivity index (χ3v) is 4.68. The Balaban J connectivity index is 1.67. The predicted molar refractivity (Wildman–Crippen MR) is 124 cm³/mol. The van der Waals surface area contributed by atoms with Crippen LogP contribution in [-0.4, -0.2) is 24.0 Å². The van der Waals surface area contributed by atoms with Gasteiger partial charge >= 0.3 is 0 Å². The number of thiocarbonyl (C=S) groups is 1. The molecule has 0 aromatic heterocycles. The number of ether oxygens (including phenoxy) is 1. The van der Waals surface area contributed by atoms with Crippen LogP contribution in [0.3, 0.4) is 0 Å². The van der Waals surface area contributed by atoms with Crippen LogP contribution in [-0.2, 0) is 4.79 Å². The number of carbonyl (C=O) groups is 2. The van der Waals surface area contributed by atoms with E-state index >= 15 is 0 Å². The van der Waals surface area contributed by atoms with Crippen molar-refractivity contribution >= 4 is 51.3 Å². The molecule has 0 saturated heterocycles. The van der Waals surface area contributed by atoms with E-state index in [9.17, 15) is 9.59 Å². The molecule has 0 saturated carbocycles. The SMILES string of the molecule is COc1cc2ccccc2cc1C(=O)NC(=S)Nc1ccc(NC(=O)C(C)C)cc1. The van der Waals surface area contributed by atoms with Crippen LogP contribution in [0.5, 0.6) is 5.75 Å². The summed E-state index contributed by atoms with van der Waals surface area (Å²) in [5.74, 6) is -0.0457. The van der Waals surface area contributed by atoms with Gasteiger partial charge in [-0.1, -0.05) is 38.1 Å². The highest BCUT2D eigenvalue weighted by Gasteiger charge is 2.15. The molecule has 3 rings (SSSR count). The van der Waals surface area contributed by atoms with Crippen LogP contribution in [0.1, 0.15) is 24.2 Å². The molecule has 30 heavy (non-hydrogen) atoms.